The predicted molar refractivity (Wildman–Crippen MR) is 93.3 cm³/mol. The summed E-state index contributed by atoms with van der Waals surface area (Å²) in [6, 6.07) is 0. The van der Waals surface area contributed by atoms with E-state index in [1.165, 1.54) is 19.9 Å². The summed E-state index contributed by atoms with van der Waals surface area (Å²) < 4.78 is 0. The van der Waals surface area contributed by atoms with Gasteiger partial charge in [-0.3, -0.25) is 14.4 Å². The Kier molecular flexibility index (Phi) is 57.1. The van der Waals surface area contributed by atoms with Crippen LogP contribution in [0.1, 0.15) is 49.0 Å². The largest absolute Gasteiger partial charge is 0.300 e. The number of alkyl halides is 2. The Labute approximate surface area is 139 Å². The van der Waals surface area contributed by atoms with E-state index in [9.17, 15) is 14.4 Å². The van der Waals surface area contributed by atoms with Crippen molar-refractivity contribution in [2.45, 2.75) is 49.0 Å². The summed E-state index contributed by atoms with van der Waals surface area (Å²) in [7, 11) is 0. The maximum absolute atomic E-state index is 9.96. The van der Waals surface area contributed by atoms with Gasteiger partial charge in [0.1, 0.15) is 5.78 Å². The predicted octanol–water partition coefficient (Wildman–Crippen LogP) is 5.25. The smallest absolute Gasteiger partial charge is 0.222 e. The topological polar surface area (TPSA) is 51.2 Å². The lowest BCUT2D eigenvalue weighted by molar-refractivity contribution is -0.116. The zero-order valence-electron chi connectivity index (χ0n) is 9.97. The van der Waals surface area contributed by atoms with Gasteiger partial charge in [0.15, 0.2) is 5.78 Å². The Balaban J connectivity index is -0.0000000343. The molecule has 0 saturated carbocycles. The minimum absolute atomic E-state index is 0. The molecule has 3 nitrogen and oxygen atoms in total. The summed E-state index contributed by atoms with van der Waals surface area (Å²) in [4.78, 5) is 29.4. The lowest BCUT2D eigenvalue weighted by Gasteiger charge is -1.79. The van der Waals surface area contributed by atoms with Gasteiger partial charge in [-0.05, 0) is 31.5 Å². The van der Waals surface area contributed by atoms with Crippen LogP contribution in [0, 0.1) is 0 Å². The Morgan fingerprint density at radius 3 is 1.25 bits per heavy atom. The minimum Gasteiger partial charge on any atom is -0.300 e. The summed E-state index contributed by atoms with van der Waals surface area (Å²) in [5, 5.41) is -0.370. The second-order valence-electron chi connectivity index (χ2n) is 2.75. The van der Waals surface area contributed by atoms with Crippen molar-refractivity contribution in [1.29, 1.82) is 0 Å². The first-order valence-electron chi connectivity index (χ1n) is 4.74. The van der Waals surface area contributed by atoms with Gasteiger partial charge in [0.05, 0.1) is 0 Å². The number of carbonyl (C=O) groups is 3. The third-order valence-electron chi connectivity index (χ3n) is 1.03. The number of rotatable bonds is 5. The molecular weight excluding hydrogens is 323 g/mol. The molecule has 0 spiro atoms. The average Bonchev–Trinajstić information content (AvgIpc) is 2.19. The quantitative estimate of drug-likeness (QED) is 0.386. The number of Topliss-reactive ketones (excluding diaryl/α,β-unsaturated/α-hetero) is 1. The molecule has 6 heteroatoms. The number of carbonyl (C=O) groups excluding carboxylic acids is 3. The van der Waals surface area contributed by atoms with Crippen LogP contribution in [0.4, 0.5) is 0 Å². The third-order valence-corrected chi connectivity index (χ3v) is 1.59. The molecule has 0 radical (unpaired) electrons. The van der Waals surface area contributed by atoms with Crippen molar-refractivity contribution in [3.8, 4) is 0 Å². The number of hydrogen-bond donors (Lipinski definition) is 0. The lowest BCUT2D eigenvalue weighted by atomic mass is 10.4. The van der Waals surface area contributed by atoms with E-state index in [1.807, 2.05) is 0 Å². The Hall–Kier alpha value is -0.380. The molecule has 124 valence electrons. The van der Waals surface area contributed by atoms with Crippen LogP contribution < -0.4 is 0 Å². The third kappa shape index (κ3) is 83.8. The number of hydrogen-bond acceptors (Lipinski definition) is 3. The van der Waals surface area contributed by atoms with Crippen molar-refractivity contribution in [3.63, 3.8) is 0 Å². The summed E-state index contributed by atoms with van der Waals surface area (Å²) >= 11 is 15.1. The van der Waals surface area contributed by atoms with Gasteiger partial charge in [0.2, 0.25) is 5.24 Å². The van der Waals surface area contributed by atoms with Crippen molar-refractivity contribution in [1.82, 2.24) is 0 Å². The van der Waals surface area contributed by atoms with Gasteiger partial charge in [0, 0.05) is 24.6 Å². The molecule has 0 saturated heterocycles. The van der Waals surface area contributed by atoms with Crippen LogP contribution in [0.15, 0.2) is 12.7 Å². The average molecular weight is 352 g/mol. The van der Waals surface area contributed by atoms with Crippen molar-refractivity contribution < 1.29 is 14.4 Å². The highest BCUT2D eigenvalue weighted by atomic mass is 35.5. The molecule has 0 bridgehead atoms. The highest BCUT2D eigenvalue weighted by Crippen LogP contribution is 1.88. The van der Waals surface area contributed by atoms with Crippen molar-refractivity contribution >= 4 is 51.6 Å². The van der Waals surface area contributed by atoms with Gasteiger partial charge in [-0.2, -0.15) is 0 Å². The maximum Gasteiger partial charge on any atom is 0.222 e. The lowest BCUT2D eigenvalue weighted by Crippen LogP contribution is -1.87. The van der Waals surface area contributed by atoms with Gasteiger partial charge in [-0.25, -0.2) is 0 Å². The molecule has 0 atom stereocenters. The van der Waals surface area contributed by atoms with Crippen molar-refractivity contribution in [3.05, 3.63) is 12.7 Å². The van der Waals surface area contributed by atoms with Gasteiger partial charge in [0.25, 0.3) is 0 Å². The molecule has 0 fully saturated rings. The van der Waals surface area contributed by atoms with Crippen molar-refractivity contribution in [2.24, 2.45) is 0 Å². The van der Waals surface area contributed by atoms with Gasteiger partial charge >= 0.3 is 0 Å². The highest BCUT2D eigenvalue weighted by molar-refractivity contribution is 6.63. The van der Waals surface area contributed by atoms with E-state index in [1.54, 1.807) is 0 Å². The summed E-state index contributed by atoms with van der Waals surface area (Å²) in [5.74, 6) is 0.951. The van der Waals surface area contributed by atoms with E-state index in [-0.39, 0.29) is 45.5 Å². The molecule has 0 aliphatic rings. The van der Waals surface area contributed by atoms with E-state index in [4.69, 9.17) is 34.8 Å². The van der Waals surface area contributed by atoms with E-state index in [2.05, 4.69) is 6.58 Å². The fraction of sp³-hybridized carbons (Fsp3) is 0.643. The summed E-state index contributed by atoms with van der Waals surface area (Å²) in [6.45, 7) is 6.21. The minimum atomic E-state index is -0.370. The van der Waals surface area contributed by atoms with Crippen LogP contribution in [0.2, 0.25) is 0 Å². The molecule has 0 aromatic rings. The van der Waals surface area contributed by atoms with Gasteiger partial charge in [-0.1, -0.05) is 28.9 Å². The molecule has 0 N–H and O–H groups in total. The molecule has 0 amide bonds. The standard InChI is InChI=1S/C4H7ClO.C4H6O.C3H4Cl2O.3CH4/c1-4(6)2-3-5;1-3-4(2)5;4-2-1-3(5)6;;;/h2-3H2,1H3;3H,1H2,2H3;1-2H2;3*1H4. The Morgan fingerprint density at radius 1 is 0.950 bits per heavy atom. The number of ketones is 2. The first-order chi connectivity index (χ1) is 7.81. The van der Waals surface area contributed by atoms with Crippen LogP contribution >= 0.6 is 34.8 Å². The molecule has 0 aliphatic heterocycles. The second kappa shape index (κ2) is 31.2. The molecule has 20 heavy (non-hydrogen) atoms. The molecule has 0 rings (SSSR count). The number of allylic oxidation sites excluding steroid dienone is 1. The normalized spacial score (nSPS) is 6.65. The molecule has 0 aromatic heterocycles. The first kappa shape index (κ1) is 36.7. The molecule has 0 unspecified atom stereocenters. The van der Waals surface area contributed by atoms with Crippen LogP contribution in [0.5, 0.6) is 0 Å². The monoisotopic (exact) mass is 350 g/mol. The SMILES string of the molecule is C.C.C.C=CC(C)=O.CC(=O)CCCl.O=C(Cl)CCCl. The van der Waals surface area contributed by atoms with Crippen LogP contribution in [-0.2, 0) is 14.4 Å². The molecule has 0 heterocycles. The van der Waals surface area contributed by atoms with Crippen LogP contribution in [0.3, 0.4) is 0 Å². The molecular formula is C14H29Cl3O3. The maximum atomic E-state index is 9.96. The van der Waals surface area contributed by atoms with Gasteiger partial charge in [-0.15, -0.1) is 23.2 Å². The van der Waals surface area contributed by atoms with E-state index in [0.717, 1.165) is 0 Å². The zero-order chi connectivity index (χ0) is 14.3. The Morgan fingerprint density at radius 2 is 1.25 bits per heavy atom. The first-order valence-corrected chi connectivity index (χ1v) is 6.19. The van der Waals surface area contributed by atoms with Crippen molar-refractivity contribution in [2.75, 3.05) is 11.8 Å². The van der Waals surface area contributed by atoms with Gasteiger partial charge < -0.3 is 0 Å². The second-order valence-corrected chi connectivity index (χ2v) is 3.93. The van der Waals surface area contributed by atoms with Crippen LogP contribution in [0.25, 0.3) is 0 Å². The highest BCUT2D eigenvalue weighted by Gasteiger charge is 1.88. The van der Waals surface area contributed by atoms with E-state index >= 15 is 0 Å². The van der Waals surface area contributed by atoms with Crippen LogP contribution in [-0.4, -0.2) is 28.6 Å². The fourth-order valence-corrected chi connectivity index (χ4v) is 0.836. The summed E-state index contributed by atoms with van der Waals surface area (Å²) in [6.07, 6.45) is 2.05. The zero-order valence-corrected chi connectivity index (χ0v) is 12.2. The molecule has 0 aromatic carbocycles. The van der Waals surface area contributed by atoms with E-state index in [0.29, 0.717) is 18.2 Å². The summed E-state index contributed by atoms with van der Waals surface area (Å²) in [5.41, 5.74) is 0. The Bertz CT molecular complexity index is 226. The van der Waals surface area contributed by atoms with E-state index < -0.39 is 0 Å². The fourth-order valence-electron chi connectivity index (χ4n) is 0.207. The molecule has 0 aliphatic carbocycles. The number of halogens is 3.